The molecule has 0 saturated carbocycles. The molecule has 0 aromatic heterocycles. The zero-order valence-corrected chi connectivity index (χ0v) is 14.1. The van der Waals surface area contributed by atoms with Gasteiger partial charge in [0.25, 0.3) is 0 Å². The van der Waals surface area contributed by atoms with Gasteiger partial charge in [-0.3, -0.25) is 4.79 Å². The lowest BCUT2D eigenvalue weighted by Crippen LogP contribution is -2.05. The summed E-state index contributed by atoms with van der Waals surface area (Å²) in [6.07, 6.45) is 0. The number of rotatable bonds is 4. The average molecular weight is 349 g/mol. The van der Waals surface area contributed by atoms with Crippen molar-refractivity contribution in [2.24, 2.45) is 0 Å². The number of methoxy groups -OCH3 is 2. The van der Waals surface area contributed by atoms with Crippen LogP contribution in [-0.4, -0.2) is 20.0 Å². The molecule has 0 fully saturated rings. The fraction of sp³-hybridized carbons (Fsp3) is 0.235. The first-order chi connectivity index (χ1) is 9.97. The minimum absolute atomic E-state index is 0.0618. The van der Waals surface area contributed by atoms with Crippen molar-refractivity contribution in [3.63, 3.8) is 0 Å². The Morgan fingerprint density at radius 1 is 1.00 bits per heavy atom. The van der Waals surface area contributed by atoms with Gasteiger partial charge in [0.2, 0.25) is 0 Å². The van der Waals surface area contributed by atoms with Crippen LogP contribution in [0.3, 0.4) is 0 Å². The maximum atomic E-state index is 12.7. The Morgan fingerprint density at radius 3 is 2.14 bits per heavy atom. The lowest BCUT2D eigenvalue weighted by molar-refractivity contribution is 0.103. The summed E-state index contributed by atoms with van der Waals surface area (Å²) in [4.78, 5) is 12.7. The second kappa shape index (κ2) is 6.31. The third kappa shape index (κ3) is 3.10. The van der Waals surface area contributed by atoms with Gasteiger partial charge in [-0.2, -0.15) is 0 Å². The van der Waals surface area contributed by atoms with E-state index < -0.39 is 0 Å². The van der Waals surface area contributed by atoms with Gasteiger partial charge < -0.3 is 9.47 Å². The van der Waals surface area contributed by atoms with Crippen LogP contribution >= 0.6 is 15.9 Å². The van der Waals surface area contributed by atoms with Crippen LogP contribution in [-0.2, 0) is 0 Å². The Bertz CT molecular complexity index is 669. The lowest BCUT2D eigenvalue weighted by atomic mass is 9.98. The van der Waals surface area contributed by atoms with Crippen molar-refractivity contribution in [3.05, 3.63) is 57.1 Å². The third-order valence-corrected chi connectivity index (χ3v) is 3.83. The summed E-state index contributed by atoms with van der Waals surface area (Å²) >= 11 is 3.38. The molecule has 21 heavy (non-hydrogen) atoms. The van der Waals surface area contributed by atoms with Gasteiger partial charge in [-0.05, 0) is 55.3 Å². The van der Waals surface area contributed by atoms with E-state index in [2.05, 4.69) is 15.9 Å². The van der Waals surface area contributed by atoms with E-state index in [0.29, 0.717) is 16.9 Å². The molecule has 0 saturated heterocycles. The molecule has 4 heteroatoms. The molecule has 0 aliphatic rings. The van der Waals surface area contributed by atoms with Crippen molar-refractivity contribution in [2.75, 3.05) is 14.2 Å². The molecule has 0 N–H and O–H groups in total. The van der Waals surface area contributed by atoms with Crippen molar-refractivity contribution in [1.29, 1.82) is 0 Å². The SMILES string of the molecule is COc1cc(Br)ccc1C(=O)c1cc(C)c(OC)c(C)c1. The van der Waals surface area contributed by atoms with Crippen LogP contribution in [0.5, 0.6) is 11.5 Å². The number of benzene rings is 2. The fourth-order valence-electron chi connectivity index (χ4n) is 2.41. The minimum Gasteiger partial charge on any atom is -0.496 e. The highest BCUT2D eigenvalue weighted by Crippen LogP contribution is 2.29. The molecule has 2 aromatic carbocycles. The Labute approximate surface area is 133 Å². The van der Waals surface area contributed by atoms with E-state index in [1.807, 2.05) is 32.0 Å². The molecule has 110 valence electrons. The first-order valence-electron chi connectivity index (χ1n) is 6.51. The van der Waals surface area contributed by atoms with Gasteiger partial charge in [0, 0.05) is 10.0 Å². The number of carbonyl (C=O) groups is 1. The van der Waals surface area contributed by atoms with Gasteiger partial charge in [-0.15, -0.1) is 0 Å². The molecule has 0 radical (unpaired) electrons. The first kappa shape index (κ1) is 15.6. The number of aryl methyl sites for hydroxylation is 2. The van der Waals surface area contributed by atoms with E-state index in [1.165, 1.54) is 0 Å². The average Bonchev–Trinajstić information content (AvgIpc) is 2.46. The van der Waals surface area contributed by atoms with E-state index in [9.17, 15) is 4.79 Å². The number of ether oxygens (including phenoxy) is 2. The molecule has 0 unspecified atom stereocenters. The van der Waals surface area contributed by atoms with Gasteiger partial charge >= 0.3 is 0 Å². The second-order valence-electron chi connectivity index (χ2n) is 4.82. The van der Waals surface area contributed by atoms with E-state index in [0.717, 1.165) is 21.3 Å². The fourth-order valence-corrected chi connectivity index (χ4v) is 2.75. The summed E-state index contributed by atoms with van der Waals surface area (Å²) in [6.45, 7) is 3.86. The summed E-state index contributed by atoms with van der Waals surface area (Å²) in [7, 11) is 3.19. The van der Waals surface area contributed by atoms with Gasteiger partial charge in [0.05, 0.1) is 19.8 Å². The zero-order chi connectivity index (χ0) is 15.6. The largest absolute Gasteiger partial charge is 0.496 e. The van der Waals surface area contributed by atoms with Crippen molar-refractivity contribution in [2.45, 2.75) is 13.8 Å². The summed E-state index contributed by atoms with van der Waals surface area (Å²) in [6, 6.07) is 9.07. The predicted molar refractivity (Wildman–Crippen MR) is 86.6 cm³/mol. The first-order valence-corrected chi connectivity index (χ1v) is 7.30. The molecule has 0 bridgehead atoms. The van der Waals surface area contributed by atoms with Crippen molar-refractivity contribution in [1.82, 2.24) is 0 Å². The van der Waals surface area contributed by atoms with E-state index in [1.54, 1.807) is 26.4 Å². The van der Waals surface area contributed by atoms with Gasteiger partial charge in [-0.1, -0.05) is 15.9 Å². The van der Waals surface area contributed by atoms with Gasteiger partial charge in [-0.25, -0.2) is 0 Å². The third-order valence-electron chi connectivity index (χ3n) is 3.33. The Hall–Kier alpha value is -1.81. The minimum atomic E-state index is -0.0618. The standard InChI is InChI=1S/C17H17BrO3/c1-10-7-12(8-11(2)17(10)21-4)16(19)14-6-5-13(18)9-15(14)20-3/h5-9H,1-4H3. The Kier molecular flexibility index (Phi) is 4.68. The van der Waals surface area contributed by atoms with Crippen LogP contribution in [0.2, 0.25) is 0 Å². The number of carbonyl (C=O) groups excluding carboxylic acids is 1. The monoisotopic (exact) mass is 348 g/mol. The maximum Gasteiger partial charge on any atom is 0.196 e. The molecule has 0 aliphatic carbocycles. The van der Waals surface area contributed by atoms with Gasteiger partial charge in [0.15, 0.2) is 5.78 Å². The second-order valence-corrected chi connectivity index (χ2v) is 5.73. The van der Waals surface area contributed by atoms with Gasteiger partial charge in [0.1, 0.15) is 11.5 Å². The number of hydrogen-bond acceptors (Lipinski definition) is 3. The topological polar surface area (TPSA) is 35.5 Å². The zero-order valence-electron chi connectivity index (χ0n) is 12.5. The molecule has 2 aromatic rings. The highest BCUT2D eigenvalue weighted by molar-refractivity contribution is 9.10. The van der Waals surface area contributed by atoms with Crippen LogP contribution < -0.4 is 9.47 Å². The quantitative estimate of drug-likeness (QED) is 0.772. The van der Waals surface area contributed by atoms with Crippen molar-refractivity contribution < 1.29 is 14.3 Å². The molecule has 0 atom stereocenters. The smallest absolute Gasteiger partial charge is 0.196 e. The van der Waals surface area contributed by atoms with E-state index in [-0.39, 0.29) is 5.78 Å². The van der Waals surface area contributed by atoms with Crippen LogP contribution in [0.25, 0.3) is 0 Å². The molecule has 0 spiro atoms. The number of halogens is 1. The molecule has 0 aliphatic heterocycles. The van der Waals surface area contributed by atoms with Crippen LogP contribution in [0, 0.1) is 13.8 Å². The van der Waals surface area contributed by atoms with Crippen LogP contribution in [0.1, 0.15) is 27.0 Å². The van der Waals surface area contributed by atoms with Crippen LogP contribution in [0.15, 0.2) is 34.8 Å². The lowest BCUT2D eigenvalue weighted by Gasteiger charge is -2.12. The highest BCUT2D eigenvalue weighted by atomic mass is 79.9. The molecular formula is C17H17BrO3. The molecule has 0 amide bonds. The van der Waals surface area contributed by atoms with Crippen LogP contribution in [0.4, 0.5) is 0 Å². The molecular weight excluding hydrogens is 332 g/mol. The van der Waals surface area contributed by atoms with Crippen molar-refractivity contribution >= 4 is 21.7 Å². The predicted octanol–water partition coefficient (Wildman–Crippen LogP) is 4.31. The Morgan fingerprint density at radius 2 is 1.62 bits per heavy atom. The summed E-state index contributed by atoms with van der Waals surface area (Å²) in [5, 5.41) is 0. The summed E-state index contributed by atoms with van der Waals surface area (Å²) < 4.78 is 11.5. The normalized spacial score (nSPS) is 10.3. The molecule has 2 rings (SSSR count). The Balaban J connectivity index is 2.50. The highest BCUT2D eigenvalue weighted by Gasteiger charge is 2.17. The molecule has 3 nitrogen and oxygen atoms in total. The maximum absolute atomic E-state index is 12.7. The number of hydrogen-bond donors (Lipinski definition) is 0. The van der Waals surface area contributed by atoms with E-state index in [4.69, 9.17) is 9.47 Å². The van der Waals surface area contributed by atoms with Crippen molar-refractivity contribution in [3.8, 4) is 11.5 Å². The summed E-state index contributed by atoms with van der Waals surface area (Å²) in [5.74, 6) is 1.31. The summed E-state index contributed by atoms with van der Waals surface area (Å²) in [5.41, 5.74) is 3.06. The van der Waals surface area contributed by atoms with E-state index >= 15 is 0 Å². The molecule has 0 heterocycles. The number of ketones is 1.